The Bertz CT molecular complexity index is 612. The van der Waals surface area contributed by atoms with Crippen LogP contribution >= 0.6 is 11.8 Å². The average molecular weight is 267 g/mol. The number of aromatic nitrogens is 3. The minimum Gasteiger partial charge on any atom is -0.398 e. The highest BCUT2D eigenvalue weighted by atomic mass is 32.2. The van der Waals surface area contributed by atoms with Gasteiger partial charge >= 0.3 is 0 Å². The third kappa shape index (κ3) is 2.28. The van der Waals surface area contributed by atoms with Crippen molar-refractivity contribution >= 4 is 23.4 Å². The molecule has 0 fully saturated rings. The molecule has 0 saturated carbocycles. The third-order valence-corrected chi connectivity index (χ3v) is 3.33. The first-order valence-electron chi connectivity index (χ1n) is 4.89. The first-order valence-corrected chi connectivity index (χ1v) is 5.71. The van der Waals surface area contributed by atoms with Crippen molar-refractivity contribution in [2.24, 2.45) is 12.8 Å². The van der Waals surface area contributed by atoms with Crippen LogP contribution in [-0.4, -0.2) is 20.7 Å². The number of benzene rings is 1. The van der Waals surface area contributed by atoms with Crippen molar-refractivity contribution in [3.63, 3.8) is 0 Å². The fourth-order valence-corrected chi connectivity index (χ4v) is 2.15. The first-order chi connectivity index (χ1) is 8.49. The van der Waals surface area contributed by atoms with Crippen LogP contribution in [0.2, 0.25) is 0 Å². The maximum absolute atomic E-state index is 13.7. The lowest BCUT2D eigenvalue weighted by atomic mass is 10.1. The molecule has 0 atom stereocenters. The van der Waals surface area contributed by atoms with E-state index in [1.165, 1.54) is 17.1 Å². The Morgan fingerprint density at radius 1 is 1.50 bits per heavy atom. The van der Waals surface area contributed by atoms with Crippen LogP contribution in [-0.2, 0) is 7.05 Å². The summed E-state index contributed by atoms with van der Waals surface area (Å²) in [5, 5.41) is 4.36. The molecule has 0 radical (unpaired) electrons. The molecular formula is C10H10FN5OS. The van der Waals surface area contributed by atoms with Gasteiger partial charge in [0.05, 0.1) is 10.5 Å². The number of aryl methyl sites for hydroxylation is 1. The van der Waals surface area contributed by atoms with Crippen LogP contribution in [0.3, 0.4) is 0 Å². The number of nitrogen functional groups attached to an aromatic ring is 1. The highest BCUT2D eigenvalue weighted by Crippen LogP contribution is 2.30. The van der Waals surface area contributed by atoms with Gasteiger partial charge in [-0.15, -0.1) is 0 Å². The molecule has 1 heterocycles. The number of halogens is 1. The number of amides is 1. The second kappa shape index (κ2) is 4.65. The van der Waals surface area contributed by atoms with E-state index in [0.29, 0.717) is 5.16 Å². The number of carbonyl (C=O) groups is 1. The quantitative estimate of drug-likeness (QED) is 0.801. The molecule has 4 N–H and O–H groups in total. The normalized spacial score (nSPS) is 10.6. The zero-order valence-electron chi connectivity index (χ0n) is 9.42. The van der Waals surface area contributed by atoms with E-state index in [0.717, 1.165) is 17.8 Å². The highest BCUT2D eigenvalue weighted by molar-refractivity contribution is 7.99. The zero-order valence-corrected chi connectivity index (χ0v) is 10.2. The molecule has 1 aromatic carbocycles. The Morgan fingerprint density at radius 2 is 2.22 bits per heavy atom. The van der Waals surface area contributed by atoms with Gasteiger partial charge in [-0.1, -0.05) is 0 Å². The molecule has 1 aromatic heterocycles. The summed E-state index contributed by atoms with van der Waals surface area (Å²) in [5.74, 6) is -1.24. The number of carbonyl (C=O) groups excluding carboxylic acids is 1. The largest absolute Gasteiger partial charge is 0.398 e. The smallest absolute Gasteiger partial charge is 0.250 e. The van der Waals surface area contributed by atoms with Crippen molar-refractivity contribution in [3.8, 4) is 0 Å². The van der Waals surface area contributed by atoms with Crippen molar-refractivity contribution in [1.82, 2.24) is 14.8 Å². The molecule has 8 heteroatoms. The van der Waals surface area contributed by atoms with E-state index < -0.39 is 11.7 Å². The van der Waals surface area contributed by atoms with E-state index in [1.807, 2.05) is 0 Å². The Labute approximate surface area is 106 Å². The van der Waals surface area contributed by atoms with Gasteiger partial charge in [0.1, 0.15) is 12.1 Å². The lowest BCUT2D eigenvalue weighted by Crippen LogP contribution is -2.14. The summed E-state index contributed by atoms with van der Waals surface area (Å²) in [6, 6.07) is 2.38. The fourth-order valence-electron chi connectivity index (χ4n) is 1.34. The average Bonchev–Trinajstić information content (AvgIpc) is 2.67. The predicted octanol–water partition coefficient (Wildman–Crippen LogP) is 0.787. The van der Waals surface area contributed by atoms with E-state index in [9.17, 15) is 9.18 Å². The molecule has 0 aliphatic rings. The molecular weight excluding hydrogens is 257 g/mol. The van der Waals surface area contributed by atoms with Gasteiger partial charge in [-0.2, -0.15) is 5.10 Å². The Kier molecular flexibility index (Phi) is 3.19. The van der Waals surface area contributed by atoms with Crippen LogP contribution in [0.5, 0.6) is 0 Å². The van der Waals surface area contributed by atoms with E-state index in [-0.39, 0.29) is 16.1 Å². The van der Waals surface area contributed by atoms with Crippen LogP contribution in [0.15, 0.2) is 28.5 Å². The maximum Gasteiger partial charge on any atom is 0.250 e. The molecule has 18 heavy (non-hydrogen) atoms. The minimum absolute atomic E-state index is 0.0160. The summed E-state index contributed by atoms with van der Waals surface area (Å²) in [6.07, 6.45) is 1.35. The van der Waals surface area contributed by atoms with Crippen molar-refractivity contribution < 1.29 is 9.18 Å². The third-order valence-electron chi connectivity index (χ3n) is 2.24. The van der Waals surface area contributed by atoms with Crippen molar-refractivity contribution in [3.05, 3.63) is 29.8 Å². The maximum atomic E-state index is 13.7. The summed E-state index contributed by atoms with van der Waals surface area (Å²) in [5.41, 5.74) is 10.8. The molecule has 6 nitrogen and oxygen atoms in total. The topological polar surface area (TPSA) is 99.8 Å². The second-order valence-corrected chi connectivity index (χ2v) is 4.51. The zero-order chi connectivity index (χ0) is 13.3. The molecule has 94 valence electrons. The lowest BCUT2D eigenvalue weighted by molar-refractivity contribution is 0.100. The summed E-state index contributed by atoms with van der Waals surface area (Å²) >= 11 is 1.04. The minimum atomic E-state index is -0.702. The van der Waals surface area contributed by atoms with Crippen LogP contribution in [0.4, 0.5) is 10.1 Å². The first kappa shape index (κ1) is 12.4. The van der Waals surface area contributed by atoms with Crippen molar-refractivity contribution in [1.29, 1.82) is 0 Å². The van der Waals surface area contributed by atoms with E-state index in [4.69, 9.17) is 11.5 Å². The molecule has 0 saturated heterocycles. The summed E-state index contributed by atoms with van der Waals surface area (Å²) < 4.78 is 15.2. The number of rotatable bonds is 3. The van der Waals surface area contributed by atoms with Gasteiger partial charge < -0.3 is 11.5 Å². The van der Waals surface area contributed by atoms with Crippen LogP contribution < -0.4 is 11.5 Å². The van der Waals surface area contributed by atoms with Gasteiger partial charge in [0.15, 0.2) is 5.16 Å². The second-order valence-electron chi connectivity index (χ2n) is 3.50. The van der Waals surface area contributed by atoms with Crippen molar-refractivity contribution in [2.75, 3.05) is 5.73 Å². The molecule has 0 spiro atoms. The van der Waals surface area contributed by atoms with E-state index in [2.05, 4.69) is 10.1 Å². The Hall–Kier alpha value is -2.09. The summed E-state index contributed by atoms with van der Waals surface area (Å²) in [6.45, 7) is 0. The Balaban J connectivity index is 2.42. The predicted molar refractivity (Wildman–Crippen MR) is 64.5 cm³/mol. The Morgan fingerprint density at radius 3 is 2.78 bits per heavy atom. The van der Waals surface area contributed by atoms with E-state index in [1.54, 1.807) is 7.05 Å². The van der Waals surface area contributed by atoms with Gasteiger partial charge in [-0.3, -0.25) is 4.79 Å². The van der Waals surface area contributed by atoms with Crippen LogP contribution in [0.1, 0.15) is 10.4 Å². The summed E-state index contributed by atoms with van der Waals surface area (Å²) in [7, 11) is 1.68. The summed E-state index contributed by atoms with van der Waals surface area (Å²) in [4.78, 5) is 15.3. The van der Waals surface area contributed by atoms with Gasteiger partial charge in [-0.25, -0.2) is 14.1 Å². The number of anilines is 1. The van der Waals surface area contributed by atoms with Gasteiger partial charge in [0.25, 0.3) is 5.91 Å². The monoisotopic (exact) mass is 267 g/mol. The molecule has 2 aromatic rings. The molecule has 0 unspecified atom stereocenters. The number of hydrogen-bond donors (Lipinski definition) is 2. The lowest BCUT2D eigenvalue weighted by Gasteiger charge is -2.07. The molecule has 2 rings (SSSR count). The molecule has 0 bridgehead atoms. The molecule has 0 aliphatic carbocycles. The van der Waals surface area contributed by atoms with Crippen LogP contribution in [0.25, 0.3) is 0 Å². The van der Waals surface area contributed by atoms with Crippen LogP contribution in [0, 0.1) is 5.82 Å². The number of nitrogens with two attached hydrogens (primary N) is 2. The van der Waals surface area contributed by atoms with Gasteiger partial charge in [0.2, 0.25) is 0 Å². The van der Waals surface area contributed by atoms with Gasteiger partial charge in [-0.05, 0) is 23.9 Å². The standard InChI is InChI=1S/C10H10FN5OS/c1-16-10(14-4-15-16)18-8-2-5(9(13)17)7(12)3-6(8)11/h2-4H,12H2,1H3,(H2,13,17). The van der Waals surface area contributed by atoms with Gasteiger partial charge in [0, 0.05) is 12.7 Å². The number of primary amides is 1. The van der Waals surface area contributed by atoms with E-state index >= 15 is 0 Å². The molecule has 1 amide bonds. The highest BCUT2D eigenvalue weighted by Gasteiger charge is 2.14. The SMILES string of the molecule is Cn1ncnc1Sc1cc(C(N)=O)c(N)cc1F. The molecule has 0 aliphatic heterocycles. The van der Waals surface area contributed by atoms with Crippen molar-refractivity contribution in [2.45, 2.75) is 10.1 Å². The fraction of sp³-hybridized carbons (Fsp3) is 0.100. The number of hydrogen-bond acceptors (Lipinski definition) is 5. The number of nitrogens with zero attached hydrogens (tertiary/aromatic N) is 3.